The molecule has 2 aromatic heterocycles. The van der Waals surface area contributed by atoms with Crippen LogP contribution in [0.4, 0.5) is 10.1 Å². The van der Waals surface area contributed by atoms with Crippen LogP contribution < -0.4 is 10.9 Å². The summed E-state index contributed by atoms with van der Waals surface area (Å²) in [6.07, 6.45) is 0. The third kappa shape index (κ3) is 2.44. The van der Waals surface area contributed by atoms with Crippen molar-refractivity contribution in [2.75, 3.05) is 5.32 Å². The van der Waals surface area contributed by atoms with Crippen molar-refractivity contribution < 1.29 is 4.39 Å². The molecule has 0 aliphatic carbocycles. The second-order valence-corrected chi connectivity index (χ2v) is 5.95. The molecule has 1 N–H and O–H groups in total. The first kappa shape index (κ1) is 15.3. The minimum Gasteiger partial charge on any atom is -0.378 e. The van der Waals surface area contributed by atoms with Crippen molar-refractivity contribution in [1.82, 2.24) is 19.2 Å². The summed E-state index contributed by atoms with van der Waals surface area (Å²) in [5.41, 5.74) is 1.89. The number of para-hydroxylation sites is 1. The maximum absolute atomic E-state index is 13.7. The molecule has 0 unspecified atom stereocenters. The molecule has 0 aliphatic rings. The molecule has 0 fully saturated rings. The average Bonchev–Trinajstić information content (AvgIpc) is 3.05. The molecule has 0 saturated heterocycles. The van der Waals surface area contributed by atoms with E-state index < -0.39 is 0 Å². The third-order valence-corrected chi connectivity index (χ3v) is 4.32. The Labute approximate surface area is 142 Å². The largest absolute Gasteiger partial charge is 0.378 e. The van der Waals surface area contributed by atoms with Crippen LogP contribution in [0.2, 0.25) is 0 Å². The lowest BCUT2D eigenvalue weighted by atomic mass is 10.2. The smallest absolute Gasteiger partial charge is 0.262 e. The first-order valence-electron chi connectivity index (χ1n) is 7.88. The van der Waals surface area contributed by atoms with E-state index in [0.717, 1.165) is 5.52 Å². The quantitative estimate of drug-likeness (QED) is 0.624. The van der Waals surface area contributed by atoms with Crippen molar-refractivity contribution in [2.45, 2.75) is 13.5 Å². The highest BCUT2D eigenvalue weighted by Gasteiger charge is 2.14. The lowest BCUT2D eigenvalue weighted by molar-refractivity contribution is 0.619. The van der Waals surface area contributed by atoms with Crippen LogP contribution in [0.3, 0.4) is 0 Å². The first-order valence-corrected chi connectivity index (χ1v) is 7.88. The Morgan fingerprint density at radius 1 is 1.16 bits per heavy atom. The normalized spacial score (nSPS) is 11.3. The van der Waals surface area contributed by atoms with Gasteiger partial charge < -0.3 is 5.32 Å². The fourth-order valence-electron chi connectivity index (χ4n) is 2.89. The van der Waals surface area contributed by atoms with Crippen LogP contribution in [-0.4, -0.2) is 19.2 Å². The minimum absolute atomic E-state index is 0.115. The highest BCUT2D eigenvalue weighted by Crippen LogP contribution is 2.17. The molecule has 2 heterocycles. The van der Waals surface area contributed by atoms with Gasteiger partial charge in [-0.1, -0.05) is 18.2 Å². The van der Waals surface area contributed by atoms with Crippen LogP contribution in [0.5, 0.6) is 0 Å². The summed E-state index contributed by atoms with van der Waals surface area (Å²) in [4.78, 5) is 12.4. The fraction of sp³-hybridized carbons (Fsp3) is 0.167. The molecule has 6 nitrogen and oxygen atoms in total. The van der Waals surface area contributed by atoms with Gasteiger partial charge in [-0.05, 0) is 36.8 Å². The van der Waals surface area contributed by atoms with E-state index in [2.05, 4.69) is 15.5 Å². The van der Waals surface area contributed by atoms with Gasteiger partial charge in [-0.2, -0.15) is 0 Å². The molecule has 0 bridgehead atoms. The van der Waals surface area contributed by atoms with Gasteiger partial charge in [0.05, 0.1) is 17.4 Å². The Morgan fingerprint density at radius 2 is 1.96 bits per heavy atom. The predicted octanol–water partition coefficient (Wildman–Crippen LogP) is 2.64. The number of hydrogen-bond acceptors (Lipinski definition) is 4. The molecule has 7 heteroatoms. The number of benzene rings is 2. The SMILES string of the molecule is Cc1ccc(NCc2nnc3n(C)c(=O)c4ccccc4n23)cc1F. The molecule has 4 rings (SSSR count). The lowest BCUT2D eigenvalue weighted by Crippen LogP contribution is -2.20. The zero-order valence-corrected chi connectivity index (χ0v) is 13.8. The summed E-state index contributed by atoms with van der Waals surface area (Å²) in [5.74, 6) is 0.849. The Kier molecular flexibility index (Phi) is 3.49. The number of rotatable bonds is 3. The number of aryl methyl sites for hydroxylation is 2. The molecule has 0 aliphatic heterocycles. The Morgan fingerprint density at radius 3 is 2.76 bits per heavy atom. The summed E-state index contributed by atoms with van der Waals surface area (Å²) in [7, 11) is 1.67. The van der Waals surface area contributed by atoms with Crippen molar-refractivity contribution in [1.29, 1.82) is 0 Å². The molecule has 0 amide bonds. The van der Waals surface area contributed by atoms with E-state index in [-0.39, 0.29) is 11.4 Å². The van der Waals surface area contributed by atoms with Crippen molar-refractivity contribution >= 4 is 22.4 Å². The Bertz CT molecular complexity index is 1160. The highest BCUT2D eigenvalue weighted by atomic mass is 19.1. The van der Waals surface area contributed by atoms with E-state index in [0.29, 0.717) is 34.8 Å². The van der Waals surface area contributed by atoms with Crippen molar-refractivity contribution in [2.24, 2.45) is 7.05 Å². The van der Waals surface area contributed by atoms with E-state index in [1.165, 1.54) is 10.6 Å². The zero-order chi connectivity index (χ0) is 17.6. The van der Waals surface area contributed by atoms with Crippen LogP contribution >= 0.6 is 0 Å². The second kappa shape index (κ2) is 5.70. The molecular formula is C18H16FN5O. The maximum atomic E-state index is 13.7. The van der Waals surface area contributed by atoms with E-state index in [1.807, 2.05) is 28.7 Å². The van der Waals surface area contributed by atoms with E-state index in [9.17, 15) is 9.18 Å². The number of anilines is 1. The summed E-state index contributed by atoms with van der Waals surface area (Å²) < 4.78 is 17.0. The highest BCUT2D eigenvalue weighted by molar-refractivity contribution is 5.80. The molecular weight excluding hydrogens is 321 g/mol. The summed E-state index contributed by atoms with van der Waals surface area (Å²) in [5, 5.41) is 12.1. The lowest BCUT2D eigenvalue weighted by Gasteiger charge is -2.09. The van der Waals surface area contributed by atoms with Gasteiger partial charge in [0.2, 0.25) is 5.78 Å². The molecule has 25 heavy (non-hydrogen) atoms. The molecule has 0 saturated carbocycles. The topological polar surface area (TPSA) is 64.2 Å². The van der Waals surface area contributed by atoms with Crippen LogP contribution in [0.1, 0.15) is 11.4 Å². The van der Waals surface area contributed by atoms with Gasteiger partial charge in [-0.15, -0.1) is 10.2 Å². The molecule has 2 aromatic carbocycles. The number of hydrogen-bond donors (Lipinski definition) is 1. The van der Waals surface area contributed by atoms with Gasteiger partial charge in [-0.25, -0.2) is 4.39 Å². The second-order valence-electron chi connectivity index (χ2n) is 5.95. The van der Waals surface area contributed by atoms with E-state index in [1.54, 1.807) is 26.1 Å². The molecule has 126 valence electrons. The molecule has 4 aromatic rings. The van der Waals surface area contributed by atoms with E-state index in [4.69, 9.17) is 0 Å². The fourth-order valence-corrected chi connectivity index (χ4v) is 2.89. The molecule has 0 radical (unpaired) electrons. The van der Waals surface area contributed by atoms with Crippen LogP contribution in [0, 0.1) is 12.7 Å². The summed E-state index contributed by atoms with van der Waals surface area (Å²) in [6.45, 7) is 2.07. The zero-order valence-electron chi connectivity index (χ0n) is 13.8. The summed E-state index contributed by atoms with van der Waals surface area (Å²) >= 11 is 0. The number of fused-ring (bicyclic) bond motifs is 3. The van der Waals surface area contributed by atoms with E-state index >= 15 is 0 Å². The van der Waals surface area contributed by atoms with Gasteiger partial charge in [0.25, 0.3) is 5.56 Å². The molecule has 0 atom stereocenters. The minimum atomic E-state index is -0.260. The van der Waals surface area contributed by atoms with Crippen molar-refractivity contribution in [3.63, 3.8) is 0 Å². The molecule has 0 spiro atoms. The number of nitrogens with zero attached hydrogens (tertiary/aromatic N) is 4. The van der Waals surface area contributed by atoms with Gasteiger partial charge in [0, 0.05) is 12.7 Å². The number of nitrogens with one attached hydrogen (secondary N) is 1. The van der Waals surface area contributed by atoms with Gasteiger partial charge in [-0.3, -0.25) is 13.8 Å². The van der Waals surface area contributed by atoms with Crippen LogP contribution in [0.15, 0.2) is 47.3 Å². The van der Waals surface area contributed by atoms with Gasteiger partial charge in [0.15, 0.2) is 5.82 Å². The monoisotopic (exact) mass is 337 g/mol. The first-order chi connectivity index (χ1) is 12.1. The van der Waals surface area contributed by atoms with Crippen LogP contribution in [0.25, 0.3) is 16.7 Å². The van der Waals surface area contributed by atoms with Gasteiger partial charge >= 0.3 is 0 Å². The third-order valence-electron chi connectivity index (χ3n) is 4.32. The Hall–Kier alpha value is -3.22. The number of halogens is 1. The standard InChI is InChI=1S/C18H16FN5O/c1-11-7-8-12(9-14(11)19)20-10-16-21-22-18-23(2)17(25)13-5-3-4-6-15(13)24(16)18/h3-9,20H,10H2,1-2H3. The summed E-state index contributed by atoms with van der Waals surface area (Å²) in [6, 6.07) is 12.3. The maximum Gasteiger partial charge on any atom is 0.262 e. The Balaban J connectivity index is 1.80. The van der Waals surface area contributed by atoms with Crippen LogP contribution in [-0.2, 0) is 13.6 Å². The predicted molar refractivity (Wildman–Crippen MR) is 94.2 cm³/mol. The average molecular weight is 337 g/mol. The van der Waals surface area contributed by atoms with Gasteiger partial charge in [0.1, 0.15) is 5.82 Å². The van der Waals surface area contributed by atoms with Crippen molar-refractivity contribution in [3.8, 4) is 0 Å². The van der Waals surface area contributed by atoms with Crippen molar-refractivity contribution in [3.05, 3.63) is 70.0 Å². The number of aromatic nitrogens is 4.